The summed E-state index contributed by atoms with van der Waals surface area (Å²) in [4.78, 5) is 23.5. The van der Waals surface area contributed by atoms with Crippen molar-refractivity contribution in [2.75, 3.05) is 19.8 Å². The summed E-state index contributed by atoms with van der Waals surface area (Å²) in [5.74, 6) is -1.13. The summed E-state index contributed by atoms with van der Waals surface area (Å²) < 4.78 is 1.41. The summed E-state index contributed by atoms with van der Waals surface area (Å²) in [5.41, 5.74) is 0. The van der Waals surface area contributed by atoms with Gasteiger partial charge in [0.05, 0.1) is 5.75 Å². The lowest BCUT2D eigenvalue weighted by Gasteiger charge is -2.12. The van der Waals surface area contributed by atoms with Crippen molar-refractivity contribution in [2.24, 2.45) is 0 Å². The van der Waals surface area contributed by atoms with Crippen molar-refractivity contribution in [1.82, 2.24) is 19.7 Å². The van der Waals surface area contributed by atoms with E-state index in [1.54, 1.807) is 14.1 Å². The third-order valence-electron chi connectivity index (χ3n) is 2.05. The number of hydrogen-bond donors (Lipinski definition) is 2. The topological polar surface area (TPSA) is 109 Å². The number of amides is 1. The second-order valence-electron chi connectivity index (χ2n) is 3.61. The van der Waals surface area contributed by atoms with Gasteiger partial charge in [-0.3, -0.25) is 14.2 Å². The first-order chi connectivity index (χ1) is 8.45. The standard InChI is InChI=1S/C9H14N4O4S/c1-12(2)7(15)3-13-6(4-14)10-11-9(13)18-5-8(16)17/h14H,3-5H2,1-2H3,(H,16,17). The Hall–Kier alpha value is -1.61. The lowest BCUT2D eigenvalue weighted by molar-refractivity contribution is -0.134. The van der Waals surface area contributed by atoms with Crippen molar-refractivity contribution in [3.63, 3.8) is 0 Å². The number of nitrogens with zero attached hydrogens (tertiary/aromatic N) is 4. The lowest BCUT2D eigenvalue weighted by atomic mass is 10.5. The van der Waals surface area contributed by atoms with E-state index < -0.39 is 5.97 Å². The Labute approximate surface area is 108 Å². The van der Waals surface area contributed by atoms with Crippen molar-refractivity contribution in [2.45, 2.75) is 18.3 Å². The van der Waals surface area contributed by atoms with Crippen LogP contribution in [0, 0.1) is 0 Å². The van der Waals surface area contributed by atoms with Crippen LogP contribution in [-0.2, 0) is 22.7 Å². The van der Waals surface area contributed by atoms with Crippen LogP contribution in [0.15, 0.2) is 5.16 Å². The Morgan fingerprint density at radius 2 is 2.06 bits per heavy atom. The number of thioether (sulfide) groups is 1. The average molecular weight is 274 g/mol. The highest BCUT2D eigenvalue weighted by atomic mass is 32.2. The van der Waals surface area contributed by atoms with Crippen LogP contribution in [0.1, 0.15) is 5.82 Å². The van der Waals surface area contributed by atoms with E-state index in [1.807, 2.05) is 0 Å². The highest BCUT2D eigenvalue weighted by Crippen LogP contribution is 2.17. The third-order valence-corrected chi connectivity index (χ3v) is 3.00. The first-order valence-corrected chi connectivity index (χ1v) is 6.02. The third kappa shape index (κ3) is 3.70. The van der Waals surface area contributed by atoms with Crippen LogP contribution >= 0.6 is 11.8 Å². The van der Waals surface area contributed by atoms with Crippen molar-refractivity contribution < 1.29 is 19.8 Å². The maximum absolute atomic E-state index is 11.6. The largest absolute Gasteiger partial charge is 0.481 e. The molecular weight excluding hydrogens is 260 g/mol. The minimum atomic E-state index is -0.987. The zero-order valence-corrected chi connectivity index (χ0v) is 10.8. The summed E-state index contributed by atoms with van der Waals surface area (Å²) in [6.07, 6.45) is 0. The van der Waals surface area contributed by atoms with Gasteiger partial charge in [0.15, 0.2) is 11.0 Å². The fraction of sp³-hybridized carbons (Fsp3) is 0.556. The average Bonchev–Trinajstić information content (AvgIpc) is 2.68. The predicted octanol–water partition coefficient (Wildman–Crippen LogP) is -0.965. The van der Waals surface area contributed by atoms with Gasteiger partial charge in [0.25, 0.3) is 0 Å². The van der Waals surface area contributed by atoms with Gasteiger partial charge in [0.2, 0.25) is 5.91 Å². The number of aliphatic hydroxyl groups excluding tert-OH is 1. The van der Waals surface area contributed by atoms with Crippen LogP contribution in [0.3, 0.4) is 0 Å². The zero-order chi connectivity index (χ0) is 13.7. The Morgan fingerprint density at radius 1 is 1.39 bits per heavy atom. The van der Waals surface area contributed by atoms with Gasteiger partial charge in [-0.15, -0.1) is 10.2 Å². The molecular formula is C9H14N4O4S. The number of carboxylic acid groups (broad SMARTS) is 1. The quantitative estimate of drug-likeness (QED) is 0.643. The molecule has 0 saturated carbocycles. The molecule has 2 N–H and O–H groups in total. The number of rotatable bonds is 6. The van der Waals surface area contributed by atoms with Gasteiger partial charge in [-0.25, -0.2) is 0 Å². The first kappa shape index (κ1) is 14.5. The molecule has 0 radical (unpaired) electrons. The normalized spacial score (nSPS) is 10.4. The molecule has 8 nitrogen and oxygen atoms in total. The molecule has 0 saturated heterocycles. The van der Waals surface area contributed by atoms with E-state index in [1.165, 1.54) is 9.47 Å². The van der Waals surface area contributed by atoms with Gasteiger partial charge in [-0.1, -0.05) is 11.8 Å². The maximum atomic E-state index is 11.6. The number of hydrogen-bond acceptors (Lipinski definition) is 6. The van der Waals surface area contributed by atoms with Crippen LogP contribution in [0.2, 0.25) is 0 Å². The Morgan fingerprint density at radius 3 is 2.56 bits per heavy atom. The Bertz CT molecular complexity index is 446. The molecule has 18 heavy (non-hydrogen) atoms. The van der Waals surface area contributed by atoms with Gasteiger partial charge in [-0.2, -0.15) is 0 Å². The summed E-state index contributed by atoms with van der Waals surface area (Å²) in [6, 6.07) is 0. The van der Waals surface area contributed by atoms with Crippen LogP contribution in [0.25, 0.3) is 0 Å². The number of carbonyl (C=O) groups is 2. The molecule has 100 valence electrons. The molecule has 9 heteroatoms. The fourth-order valence-electron chi connectivity index (χ4n) is 1.10. The number of likely N-dealkylation sites (N-methyl/N-ethyl adjacent to an activating group) is 1. The SMILES string of the molecule is CN(C)C(=O)Cn1c(CO)nnc1SCC(=O)O. The summed E-state index contributed by atoms with van der Waals surface area (Å²) in [7, 11) is 3.21. The number of carboxylic acids is 1. The smallest absolute Gasteiger partial charge is 0.313 e. The van der Waals surface area contributed by atoms with Gasteiger partial charge >= 0.3 is 5.97 Å². The van der Waals surface area contributed by atoms with Gasteiger partial charge in [0.1, 0.15) is 13.2 Å². The number of aromatic nitrogens is 3. The number of aliphatic hydroxyl groups is 1. The van der Waals surface area contributed by atoms with E-state index in [2.05, 4.69) is 10.2 Å². The first-order valence-electron chi connectivity index (χ1n) is 5.03. The van der Waals surface area contributed by atoms with Crippen LogP contribution in [0.5, 0.6) is 0 Å². The van der Waals surface area contributed by atoms with Crippen molar-refractivity contribution in [1.29, 1.82) is 0 Å². The Kier molecular flexibility index (Phi) is 5.10. The van der Waals surface area contributed by atoms with E-state index in [0.717, 1.165) is 11.8 Å². The summed E-state index contributed by atoms with van der Waals surface area (Å²) >= 11 is 0.953. The van der Waals surface area contributed by atoms with Crippen molar-refractivity contribution in [3.05, 3.63) is 5.82 Å². The molecule has 0 aromatic carbocycles. The van der Waals surface area contributed by atoms with Crippen molar-refractivity contribution >= 4 is 23.6 Å². The molecule has 0 atom stereocenters. The number of aliphatic carboxylic acids is 1. The van der Waals surface area contributed by atoms with Gasteiger partial charge in [0, 0.05) is 14.1 Å². The molecule has 1 rings (SSSR count). The highest BCUT2D eigenvalue weighted by Gasteiger charge is 2.16. The molecule has 0 aliphatic rings. The number of carbonyl (C=O) groups excluding carboxylic acids is 1. The molecule has 1 aromatic rings. The minimum absolute atomic E-state index is 0.0299. The zero-order valence-electron chi connectivity index (χ0n) is 10.0. The minimum Gasteiger partial charge on any atom is -0.481 e. The van der Waals surface area contributed by atoms with E-state index in [-0.39, 0.29) is 30.6 Å². The van der Waals surface area contributed by atoms with Crippen molar-refractivity contribution in [3.8, 4) is 0 Å². The van der Waals surface area contributed by atoms with Gasteiger partial charge in [-0.05, 0) is 0 Å². The van der Waals surface area contributed by atoms with Crippen LogP contribution < -0.4 is 0 Å². The molecule has 1 amide bonds. The molecule has 1 aromatic heterocycles. The van der Waals surface area contributed by atoms with E-state index in [4.69, 9.17) is 10.2 Å². The summed E-state index contributed by atoms with van der Waals surface area (Å²) in [6.45, 7) is -0.390. The molecule has 0 aliphatic heterocycles. The molecule has 0 spiro atoms. The lowest BCUT2D eigenvalue weighted by Crippen LogP contribution is -2.27. The molecule has 0 bridgehead atoms. The molecule has 0 aliphatic carbocycles. The fourth-order valence-corrected chi connectivity index (χ4v) is 1.78. The predicted molar refractivity (Wildman–Crippen MR) is 63.0 cm³/mol. The monoisotopic (exact) mass is 274 g/mol. The highest BCUT2D eigenvalue weighted by molar-refractivity contribution is 7.99. The second-order valence-corrected chi connectivity index (χ2v) is 4.56. The molecule has 0 unspecified atom stereocenters. The second kappa shape index (κ2) is 6.36. The van der Waals surface area contributed by atoms with Crippen LogP contribution in [0.4, 0.5) is 0 Å². The summed E-state index contributed by atoms with van der Waals surface area (Å²) in [5, 5.41) is 25.4. The van der Waals surface area contributed by atoms with E-state index in [0.29, 0.717) is 5.16 Å². The van der Waals surface area contributed by atoms with E-state index in [9.17, 15) is 9.59 Å². The Balaban J connectivity index is 2.87. The molecule has 1 heterocycles. The maximum Gasteiger partial charge on any atom is 0.313 e. The molecule has 0 fully saturated rings. The van der Waals surface area contributed by atoms with Gasteiger partial charge < -0.3 is 15.1 Å². The van der Waals surface area contributed by atoms with Crippen LogP contribution in [-0.4, -0.2) is 61.6 Å². The van der Waals surface area contributed by atoms with E-state index >= 15 is 0 Å².